The highest BCUT2D eigenvalue weighted by atomic mass is 16.4. The lowest BCUT2D eigenvalue weighted by atomic mass is 9.99. The van der Waals surface area contributed by atoms with Gasteiger partial charge in [0.1, 0.15) is 6.04 Å². The number of unbranched alkanes of at least 4 members (excludes halogenated alkanes) is 20. The van der Waals surface area contributed by atoms with Crippen LogP contribution in [0.25, 0.3) is 0 Å². The number of rotatable bonds is 29. The Hall–Kier alpha value is -1.89. The molecular formula is C33H61NO6. The minimum Gasteiger partial charge on any atom is -0.544 e. The summed E-state index contributed by atoms with van der Waals surface area (Å²) in [7, 11) is 0. The van der Waals surface area contributed by atoms with E-state index in [0.29, 0.717) is 6.42 Å². The number of nitrogens with zero attached hydrogens (tertiary/aromatic N) is 1. The predicted molar refractivity (Wildman–Crippen MR) is 161 cm³/mol. The van der Waals surface area contributed by atoms with Gasteiger partial charge in [-0.25, -0.2) is 9.59 Å². The van der Waals surface area contributed by atoms with E-state index in [-0.39, 0.29) is 6.54 Å². The van der Waals surface area contributed by atoms with Crippen LogP contribution in [-0.4, -0.2) is 57.3 Å². The molecule has 0 aliphatic heterocycles. The average Bonchev–Trinajstić information content (AvgIpc) is 2.92. The van der Waals surface area contributed by atoms with E-state index in [1.807, 2.05) is 6.08 Å². The number of allylic oxidation sites excluding steroid dienone is 1. The number of hydrogen-bond donors (Lipinski definition) is 2. The number of carboxylic acid groups (broad SMARTS) is 3. The number of carboxylic acids is 3. The van der Waals surface area contributed by atoms with Crippen molar-refractivity contribution < 1.29 is 34.2 Å². The van der Waals surface area contributed by atoms with Crippen LogP contribution >= 0.6 is 0 Å². The zero-order chi connectivity index (χ0) is 30.2. The molecule has 7 nitrogen and oxygen atoms in total. The Bertz CT molecular complexity index is 644. The van der Waals surface area contributed by atoms with Crippen molar-refractivity contribution in [3.05, 3.63) is 12.7 Å². The molecule has 234 valence electrons. The molecule has 0 aromatic carbocycles. The lowest BCUT2D eigenvalue weighted by Crippen LogP contribution is -2.72. The molecule has 0 heterocycles. The first-order valence-corrected chi connectivity index (χ1v) is 16.3. The highest BCUT2D eigenvalue weighted by Crippen LogP contribution is 2.27. The fourth-order valence-electron chi connectivity index (χ4n) is 6.05. The third-order valence-electron chi connectivity index (χ3n) is 8.92. The zero-order valence-electron chi connectivity index (χ0n) is 26.0. The van der Waals surface area contributed by atoms with E-state index in [0.717, 1.165) is 25.7 Å². The van der Waals surface area contributed by atoms with Gasteiger partial charge >= 0.3 is 11.9 Å². The van der Waals surface area contributed by atoms with Crippen LogP contribution < -0.4 is 5.11 Å². The molecule has 0 radical (unpaired) electrons. The van der Waals surface area contributed by atoms with Crippen LogP contribution in [0.15, 0.2) is 12.7 Å². The molecule has 7 heteroatoms. The van der Waals surface area contributed by atoms with E-state index in [9.17, 15) is 29.7 Å². The lowest BCUT2D eigenvalue weighted by molar-refractivity contribution is -0.969. The molecule has 3 unspecified atom stereocenters. The van der Waals surface area contributed by atoms with Gasteiger partial charge in [-0.2, -0.15) is 0 Å². The fourth-order valence-corrected chi connectivity index (χ4v) is 6.05. The smallest absolute Gasteiger partial charge is 0.362 e. The summed E-state index contributed by atoms with van der Waals surface area (Å²) in [5.41, 5.74) is 0. The highest BCUT2D eigenvalue weighted by molar-refractivity contribution is 5.76. The Labute approximate surface area is 245 Å². The summed E-state index contributed by atoms with van der Waals surface area (Å²) in [5.74, 6) is -3.81. The van der Waals surface area contributed by atoms with Crippen LogP contribution in [-0.2, 0) is 14.4 Å². The predicted octanol–water partition coefficient (Wildman–Crippen LogP) is 7.27. The van der Waals surface area contributed by atoms with Crippen LogP contribution in [0.2, 0.25) is 0 Å². The van der Waals surface area contributed by atoms with Crippen molar-refractivity contribution in [3.8, 4) is 0 Å². The van der Waals surface area contributed by atoms with Crippen LogP contribution in [0.5, 0.6) is 0 Å². The van der Waals surface area contributed by atoms with Crippen LogP contribution in [0.4, 0.5) is 0 Å². The molecule has 3 atom stereocenters. The lowest BCUT2D eigenvalue weighted by Gasteiger charge is -2.49. The van der Waals surface area contributed by atoms with Crippen molar-refractivity contribution in [2.45, 2.75) is 174 Å². The minimum absolute atomic E-state index is 0.187. The molecule has 0 bridgehead atoms. The molecule has 0 aliphatic carbocycles. The molecular weight excluding hydrogens is 506 g/mol. The Morgan fingerprint density at radius 3 is 1.10 bits per heavy atom. The molecule has 0 spiro atoms. The fraction of sp³-hybridized carbons (Fsp3) is 0.848. The molecule has 40 heavy (non-hydrogen) atoms. The average molecular weight is 568 g/mol. The van der Waals surface area contributed by atoms with E-state index in [1.54, 1.807) is 0 Å². The number of hydrogen-bond acceptors (Lipinski definition) is 4. The van der Waals surface area contributed by atoms with Gasteiger partial charge in [0, 0.05) is 0 Å². The third kappa shape index (κ3) is 15.8. The third-order valence-corrected chi connectivity index (χ3v) is 8.92. The first-order chi connectivity index (χ1) is 19.1. The molecule has 0 aromatic heterocycles. The van der Waals surface area contributed by atoms with E-state index >= 15 is 0 Å². The van der Waals surface area contributed by atoms with Crippen molar-refractivity contribution in [2.75, 3.05) is 6.54 Å². The van der Waals surface area contributed by atoms with Crippen molar-refractivity contribution in [1.82, 2.24) is 0 Å². The Kier molecular flexibility index (Phi) is 22.7. The largest absolute Gasteiger partial charge is 0.544 e. The quantitative estimate of drug-likeness (QED) is 0.0558. The molecule has 0 saturated carbocycles. The number of aliphatic carboxylic acids is 3. The monoisotopic (exact) mass is 567 g/mol. The first kappa shape index (κ1) is 38.1. The molecule has 0 saturated heterocycles. The maximum atomic E-state index is 11.8. The SMILES string of the molecule is C=CCCCCCCCCCCCCCCCCCCCCCC[N+](C(C)C(=O)[O-])(C(C)C(=O)O)C(C)C(=O)O. The van der Waals surface area contributed by atoms with E-state index in [1.165, 1.54) is 124 Å². The first-order valence-electron chi connectivity index (χ1n) is 16.3. The van der Waals surface area contributed by atoms with Crippen molar-refractivity contribution in [1.29, 1.82) is 0 Å². The van der Waals surface area contributed by atoms with Crippen molar-refractivity contribution in [2.24, 2.45) is 0 Å². The second kappa shape index (κ2) is 23.8. The molecule has 0 fully saturated rings. The number of carbonyl (C=O) groups is 3. The second-order valence-corrected chi connectivity index (χ2v) is 11.9. The summed E-state index contributed by atoms with van der Waals surface area (Å²) >= 11 is 0. The second-order valence-electron chi connectivity index (χ2n) is 11.9. The van der Waals surface area contributed by atoms with Gasteiger partial charge in [0.2, 0.25) is 0 Å². The molecule has 0 aliphatic rings. The topological polar surface area (TPSA) is 115 Å². The van der Waals surface area contributed by atoms with E-state index in [2.05, 4.69) is 6.58 Å². The van der Waals surface area contributed by atoms with E-state index < -0.39 is 40.5 Å². The summed E-state index contributed by atoms with van der Waals surface area (Å²) in [5, 5.41) is 31.0. The number of quaternary nitrogens is 1. The molecule has 0 amide bonds. The maximum Gasteiger partial charge on any atom is 0.362 e. The molecule has 2 N–H and O–H groups in total. The Morgan fingerprint density at radius 2 is 0.850 bits per heavy atom. The van der Waals surface area contributed by atoms with Gasteiger partial charge in [0.25, 0.3) is 0 Å². The minimum atomic E-state index is -1.42. The van der Waals surface area contributed by atoms with Gasteiger partial charge in [-0.15, -0.1) is 6.58 Å². The van der Waals surface area contributed by atoms with Gasteiger partial charge in [0.05, 0.1) is 12.5 Å². The van der Waals surface area contributed by atoms with Gasteiger partial charge in [-0.1, -0.05) is 115 Å². The normalized spacial score (nSPS) is 15.2. The summed E-state index contributed by atoms with van der Waals surface area (Å²) < 4.78 is -0.538. The van der Waals surface area contributed by atoms with Crippen LogP contribution in [0.1, 0.15) is 156 Å². The highest BCUT2D eigenvalue weighted by Gasteiger charge is 2.50. The van der Waals surface area contributed by atoms with Crippen molar-refractivity contribution >= 4 is 17.9 Å². The Morgan fingerprint density at radius 1 is 0.575 bits per heavy atom. The Balaban J connectivity index is 3.93. The molecule has 0 aromatic rings. The van der Waals surface area contributed by atoms with Gasteiger partial charge in [0.15, 0.2) is 12.1 Å². The maximum absolute atomic E-state index is 11.8. The van der Waals surface area contributed by atoms with Gasteiger partial charge in [-0.3, -0.25) is 4.48 Å². The van der Waals surface area contributed by atoms with Crippen LogP contribution in [0.3, 0.4) is 0 Å². The summed E-state index contributed by atoms with van der Waals surface area (Å²) in [4.78, 5) is 35.3. The summed E-state index contributed by atoms with van der Waals surface area (Å²) in [6.07, 6.45) is 28.0. The standard InChI is InChI=1S/C33H61NO6/c1-5-6-7-8-9-10-11-12-13-14-15-16-17-18-19-20-21-22-23-24-25-26-27-34(28(2)31(35)36,29(3)32(37)38)30(4)33(39)40/h5,28-30H,1,6-27H2,2-4H3,(H2-,35,36,37,38,39,40). The van der Waals surface area contributed by atoms with E-state index in [4.69, 9.17) is 0 Å². The summed E-state index contributed by atoms with van der Waals surface area (Å²) in [6, 6.07) is -3.55. The summed E-state index contributed by atoms with van der Waals surface area (Å²) in [6.45, 7) is 8.12. The van der Waals surface area contributed by atoms with Gasteiger partial charge in [-0.05, 0) is 46.5 Å². The zero-order valence-corrected chi connectivity index (χ0v) is 26.0. The molecule has 0 rings (SSSR count). The van der Waals surface area contributed by atoms with Crippen molar-refractivity contribution in [3.63, 3.8) is 0 Å². The van der Waals surface area contributed by atoms with Gasteiger partial charge < -0.3 is 20.1 Å². The number of carbonyl (C=O) groups excluding carboxylic acids is 1. The van der Waals surface area contributed by atoms with Crippen LogP contribution in [0, 0.1) is 0 Å².